The number of carbonyl (C=O) groups excluding carboxylic acids is 1. The molecule has 1 amide bonds. The van der Waals surface area contributed by atoms with Crippen LogP contribution in [0.4, 0.5) is 4.79 Å². The summed E-state index contributed by atoms with van der Waals surface area (Å²) in [7, 11) is 3.14. The highest BCUT2D eigenvalue weighted by molar-refractivity contribution is 5.80. The van der Waals surface area contributed by atoms with Crippen LogP contribution in [0.3, 0.4) is 0 Å². The Labute approximate surface area is 178 Å². The molecule has 1 aliphatic carbocycles. The zero-order valence-electron chi connectivity index (χ0n) is 18.5. The Morgan fingerprint density at radius 3 is 1.87 bits per heavy atom. The average molecular weight is 414 g/mol. The Bertz CT molecular complexity index is 842. The number of nitrogens with zero attached hydrogens (tertiary/aromatic N) is 1. The fraction of sp³-hybridized carbons (Fsp3) is 0.417. The Kier molecular flexibility index (Phi) is 7.62. The molecule has 6 heteroatoms. The second-order valence-electron chi connectivity index (χ2n) is 8.25. The summed E-state index contributed by atoms with van der Waals surface area (Å²) >= 11 is 0. The number of carbonyl (C=O) groups is 2. The van der Waals surface area contributed by atoms with E-state index in [9.17, 15) is 9.59 Å². The zero-order chi connectivity index (χ0) is 22.5. The lowest BCUT2D eigenvalue weighted by Crippen LogP contribution is -2.40. The lowest BCUT2D eigenvalue weighted by molar-refractivity contribution is -0.141. The van der Waals surface area contributed by atoms with Crippen LogP contribution in [0.2, 0.25) is 0 Å². The van der Waals surface area contributed by atoms with Crippen molar-refractivity contribution in [3.63, 3.8) is 0 Å². The van der Waals surface area contributed by atoms with Gasteiger partial charge >= 0.3 is 12.1 Å². The lowest BCUT2D eigenvalue weighted by Gasteiger charge is -2.22. The highest BCUT2D eigenvalue weighted by Gasteiger charge is 2.30. The Hall–Kier alpha value is -2.86. The standard InChI is InChI=1S/C19H19NO4.C5H12O/c1-12(18(21)22)20(2)19(23)24-11-17-15-9-5-3-7-13(15)14-8-4-6-10-16(14)17;1-5(2,3)6-4/h3-10,12,17H,11H2,1-2H3,(H,21,22);1-4H3/t12-;/m0./s1. The summed E-state index contributed by atoms with van der Waals surface area (Å²) in [4.78, 5) is 24.2. The number of fused-ring (bicyclic) bond motifs is 3. The Balaban J connectivity index is 0.000000469. The van der Waals surface area contributed by atoms with Gasteiger partial charge in [-0.2, -0.15) is 0 Å². The fourth-order valence-electron chi connectivity index (χ4n) is 3.02. The third kappa shape index (κ3) is 5.60. The van der Waals surface area contributed by atoms with Gasteiger partial charge in [0.15, 0.2) is 0 Å². The number of ether oxygens (including phenoxy) is 2. The van der Waals surface area contributed by atoms with Crippen molar-refractivity contribution in [2.75, 3.05) is 20.8 Å². The van der Waals surface area contributed by atoms with Gasteiger partial charge in [-0.3, -0.25) is 4.90 Å². The van der Waals surface area contributed by atoms with Crippen LogP contribution in [0.5, 0.6) is 0 Å². The first kappa shape index (κ1) is 23.4. The first-order chi connectivity index (χ1) is 14.1. The van der Waals surface area contributed by atoms with Crippen LogP contribution in [0.1, 0.15) is 44.7 Å². The number of hydrogen-bond acceptors (Lipinski definition) is 4. The molecule has 0 heterocycles. The number of hydrogen-bond donors (Lipinski definition) is 1. The third-order valence-electron chi connectivity index (χ3n) is 5.17. The Morgan fingerprint density at radius 1 is 1.03 bits per heavy atom. The number of aliphatic carboxylic acids is 1. The largest absolute Gasteiger partial charge is 0.480 e. The van der Waals surface area contributed by atoms with Gasteiger partial charge in [0.2, 0.25) is 0 Å². The zero-order valence-corrected chi connectivity index (χ0v) is 18.5. The molecule has 30 heavy (non-hydrogen) atoms. The Morgan fingerprint density at radius 2 is 1.47 bits per heavy atom. The molecular weight excluding hydrogens is 382 g/mol. The minimum absolute atomic E-state index is 0.0325. The summed E-state index contributed by atoms with van der Waals surface area (Å²) in [5.41, 5.74) is 4.60. The number of carboxylic acid groups (broad SMARTS) is 1. The summed E-state index contributed by atoms with van der Waals surface area (Å²) in [5.74, 6) is -1.10. The molecule has 3 rings (SSSR count). The molecule has 0 aliphatic heterocycles. The molecular formula is C24H31NO5. The number of rotatable bonds is 4. The minimum Gasteiger partial charge on any atom is -0.480 e. The number of likely N-dealkylation sites (N-methyl/N-ethyl adjacent to an activating group) is 1. The highest BCUT2D eigenvalue weighted by atomic mass is 16.6. The van der Waals surface area contributed by atoms with Gasteiger partial charge in [-0.1, -0.05) is 48.5 Å². The predicted octanol–water partition coefficient (Wildman–Crippen LogP) is 4.77. The van der Waals surface area contributed by atoms with E-state index in [1.165, 1.54) is 14.0 Å². The third-order valence-corrected chi connectivity index (χ3v) is 5.17. The van der Waals surface area contributed by atoms with Crippen molar-refractivity contribution in [1.82, 2.24) is 4.90 Å². The molecule has 1 atom stereocenters. The molecule has 0 fully saturated rings. The lowest BCUT2D eigenvalue weighted by atomic mass is 9.98. The molecule has 0 radical (unpaired) electrons. The number of amides is 1. The topological polar surface area (TPSA) is 76.1 Å². The molecule has 2 aromatic carbocycles. The molecule has 0 spiro atoms. The van der Waals surface area contributed by atoms with Crippen LogP contribution >= 0.6 is 0 Å². The van der Waals surface area contributed by atoms with Gasteiger partial charge in [0, 0.05) is 20.1 Å². The number of carboxylic acids is 1. The molecule has 0 saturated carbocycles. The van der Waals surface area contributed by atoms with Crippen LogP contribution < -0.4 is 0 Å². The predicted molar refractivity (Wildman–Crippen MR) is 117 cm³/mol. The quantitative estimate of drug-likeness (QED) is 0.781. The maximum atomic E-state index is 12.1. The van der Waals surface area contributed by atoms with E-state index in [0.717, 1.165) is 27.2 Å². The molecule has 162 valence electrons. The average Bonchev–Trinajstić information content (AvgIpc) is 3.04. The molecule has 0 saturated heterocycles. The summed E-state index contributed by atoms with van der Waals surface area (Å²) in [6.07, 6.45) is -0.633. The van der Waals surface area contributed by atoms with Gasteiger partial charge in [0.05, 0.1) is 5.60 Å². The summed E-state index contributed by atoms with van der Waals surface area (Å²) in [6.45, 7) is 7.69. The van der Waals surface area contributed by atoms with Gasteiger partial charge in [0.1, 0.15) is 12.6 Å². The van der Waals surface area contributed by atoms with Gasteiger partial charge in [-0.05, 0) is 49.9 Å². The summed E-state index contributed by atoms with van der Waals surface area (Å²) in [5, 5.41) is 8.99. The van der Waals surface area contributed by atoms with Gasteiger partial charge < -0.3 is 14.6 Å². The van der Waals surface area contributed by atoms with E-state index < -0.39 is 18.1 Å². The van der Waals surface area contributed by atoms with Crippen molar-refractivity contribution in [3.8, 4) is 11.1 Å². The maximum Gasteiger partial charge on any atom is 0.410 e. The van der Waals surface area contributed by atoms with Crippen molar-refractivity contribution in [1.29, 1.82) is 0 Å². The van der Waals surface area contributed by atoms with E-state index in [4.69, 9.17) is 14.6 Å². The van der Waals surface area contributed by atoms with Crippen molar-refractivity contribution < 1.29 is 24.2 Å². The summed E-state index contributed by atoms with van der Waals surface area (Å²) in [6, 6.07) is 15.2. The summed E-state index contributed by atoms with van der Waals surface area (Å²) < 4.78 is 10.3. The number of benzene rings is 2. The van der Waals surface area contributed by atoms with E-state index in [-0.39, 0.29) is 18.1 Å². The van der Waals surface area contributed by atoms with Crippen LogP contribution in [0, 0.1) is 0 Å². The molecule has 1 aliphatic rings. The van der Waals surface area contributed by atoms with Crippen molar-refractivity contribution in [2.45, 2.75) is 45.3 Å². The van der Waals surface area contributed by atoms with E-state index in [0.29, 0.717) is 0 Å². The van der Waals surface area contributed by atoms with Crippen LogP contribution in [0.15, 0.2) is 48.5 Å². The molecule has 2 aromatic rings. The van der Waals surface area contributed by atoms with Gasteiger partial charge in [-0.25, -0.2) is 9.59 Å². The first-order valence-corrected chi connectivity index (χ1v) is 9.92. The normalized spacial score (nSPS) is 13.4. The minimum atomic E-state index is -1.06. The molecule has 6 nitrogen and oxygen atoms in total. The highest BCUT2D eigenvalue weighted by Crippen LogP contribution is 2.44. The first-order valence-electron chi connectivity index (χ1n) is 9.92. The van der Waals surface area contributed by atoms with Gasteiger partial charge in [-0.15, -0.1) is 0 Å². The molecule has 0 bridgehead atoms. The van der Waals surface area contributed by atoms with Crippen molar-refractivity contribution in [2.24, 2.45) is 0 Å². The second kappa shape index (κ2) is 9.76. The van der Waals surface area contributed by atoms with Crippen LogP contribution in [-0.2, 0) is 14.3 Å². The van der Waals surface area contributed by atoms with Crippen molar-refractivity contribution >= 4 is 12.1 Å². The fourth-order valence-corrected chi connectivity index (χ4v) is 3.02. The second-order valence-corrected chi connectivity index (χ2v) is 8.25. The molecule has 0 unspecified atom stereocenters. The van der Waals surface area contributed by atoms with E-state index in [1.807, 2.05) is 57.2 Å². The molecule has 1 N–H and O–H groups in total. The van der Waals surface area contributed by atoms with Crippen LogP contribution in [-0.4, -0.2) is 54.5 Å². The van der Waals surface area contributed by atoms with E-state index in [2.05, 4.69) is 12.1 Å². The van der Waals surface area contributed by atoms with E-state index >= 15 is 0 Å². The smallest absolute Gasteiger partial charge is 0.410 e. The van der Waals surface area contributed by atoms with Crippen molar-refractivity contribution in [3.05, 3.63) is 59.7 Å². The SMILES string of the molecule is COC(C)(C)C.C[C@@H](C(=O)O)N(C)C(=O)OCC1c2ccccc2-c2ccccc21. The van der Waals surface area contributed by atoms with E-state index in [1.54, 1.807) is 7.11 Å². The maximum absolute atomic E-state index is 12.1. The number of methoxy groups -OCH3 is 1. The van der Waals surface area contributed by atoms with Gasteiger partial charge in [0.25, 0.3) is 0 Å². The monoisotopic (exact) mass is 413 g/mol. The molecule has 0 aromatic heterocycles. The van der Waals surface area contributed by atoms with Crippen LogP contribution in [0.25, 0.3) is 11.1 Å².